The Kier molecular flexibility index (Phi) is 4.01. The number of benzene rings is 1. The van der Waals surface area contributed by atoms with Crippen LogP contribution in [0, 0.1) is 5.82 Å². The first-order chi connectivity index (χ1) is 12.2. The minimum absolute atomic E-state index is 0.00192. The molecule has 6 heteroatoms. The number of halogens is 1. The maximum absolute atomic E-state index is 13.1. The average molecular weight is 336 g/mol. The molecule has 0 fully saturated rings. The van der Waals surface area contributed by atoms with E-state index >= 15 is 0 Å². The zero-order chi connectivity index (χ0) is 17.2. The predicted octanol–water partition coefficient (Wildman–Crippen LogP) is 2.66. The Hall–Kier alpha value is -3.02. The molecule has 0 spiro atoms. The second-order valence-corrected chi connectivity index (χ2v) is 6.09. The number of aromatic nitrogens is 3. The van der Waals surface area contributed by atoms with Crippen LogP contribution >= 0.6 is 0 Å². The molecule has 3 heterocycles. The number of hydrogen-bond donors (Lipinski definition) is 1. The molecule has 25 heavy (non-hydrogen) atoms. The largest absolute Gasteiger partial charge is 0.348 e. The van der Waals surface area contributed by atoms with E-state index in [4.69, 9.17) is 0 Å². The van der Waals surface area contributed by atoms with Crippen molar-refractivity contribution >= 4 is 5.91 Å². The van der Waals surface area contributed by atoms with E-state index in [9.17, 15) is 9.18 Å². The number of hydrogen-bond acceptors (Lipinski definition) is 3. The molecule has 5 nitrogen and oxygen atoms in total. The third-order valence-corrected chi connectivity index (χ3v) is 4.54. The second kappa shape index (κ2) is 6.47. The monoisotopic (exact) mass is 336 g/mol. The molecule has 1 aliphatic heterocycles. The summed E-state index contributed by atoms with van der Waals surface area (Å²) in [7, 11) is 0. The summed E-state index contributed by atoms with van der Waals surface area (Å²) >= 11 is 0. The minimum atomic E-state index is -0.301. The maximum Gasteiger partial charge on any atom is 0.227 e. The number of carbonyl (C=O) groups excluding carboxylic acids is 1. The molecular formula is C19H17FN4O. The van der Waals surface area contributed by atoms with E-state index in [1.54, 1.807) is 30.9 Å². The summed E-state index contributed by atoms with van der Waals surface area (Å²) in [5.74, 6) is -0.299. The van der Waals surface area contributed by atoms with Crippen LogP contribution in [0.15, 0.2) is 55.1 Å². The highest BCUT2D eigenvalue weighted by atomic mass is 19.1. The van der Waals surface area contributed by atoms with Crippen LogP contribution in [0.2, 0.25) is 0 Å². The van der Waals surface area contributed by atoms with Crippen LogP contribution in [0.25, 0.3) is 0 Å². The van der Waals surface area contributed by atoms with Crippen molar-refractivity contribution in [3.05, 3.63) is 83.5 Å². The normalized spacial score (nSPS) is 16.5. The Labute approximate surface area is 144 Å². The molecule has 0 saturated heterocycles. The molecule has 1 amide bonds. The van der Waals surface area contributed by atoms with E-state index in [1.165, 1.54) is 12.1 Å². The van der Waals surface area contributed by atoms with Gasteiger partial charge in [-0.15, -0.1) is 0 Å². The highest BCUT2D eigenvalue weighted by Crippen LogP contribution is 2.33. The van der Waals surface area contributed by atoms with Crippen molar-refractivity contribution in [3.63, 3.8) is 0 Å². The van der Waals surface area contributed by atoms with Crippen LogP contribution in [0.4, 0.5) is 4.39 Å². The molecule has 3 aromatic rings. The fraction of sp³-hybridized carbons (Fsp3) is 0.211. The lowest BCUT2D eigenvalue weighted by Gasteiger charge is -2.35. The number of imidazole rings is 1. The zero-order valence-electron chi connectivity index (χ0n) is 13.5. The Bertz CT molecular complexity index is 876. The molecule has 0 radical (unpaired) electrons. The molecule has 0 aliphatic carbocycles. The number of pyridine rings is 1. The van der Waals surface area contributed by atoms with Crippen LogP contribution < -0.4 is 0 Å². The molecule has 4 rings (SSSR count). The van der Waals surface area contributed by atoms with Crippen molar-refractivity contribution in [2.75, 3.05) is 6.54 Å². The maximum atomic E-state index is 13.1. The van der Waals surface area contributed by atoms with Gasteiger partial charge < -0.3 is 9.88 Å². The Morgan fingerprint density at radius 3 is 2.72 bits per heavy atom. The lowest BCUT2D eigenvalue weighted by molar-refractivity contribution is -0.132. The van der Waals surface area contributed by atoms with E-state index in [1.807, 2.05) is 17.0 Å². The number of fused-ring (bicyclic) bond motifs is 1. The number of amides is 1. The van der Waals surface area contributed by atoms with Crippen LogP contribution in [0.1, 0.15) is 28.6 Å². The first-order valence-electron chi connectivity index (χ1n) is 8.18. The van der Waals surface area contributed by atoms with Gasteiger partial charge in [0, 0.05) is 31.1 Å². The van der Waals surface area contributed by atoms with E-state index in [0.717, 1.165) is 28.9 Å². The summed E-state index contributed by atoms with van der Waals surface area (Å²) in [6.07, 6.45) is 6.10. The van der Waals surface area contributed by atoms with Gasteiger partial charge in [-0.25, -0.2) is 9.37 Å². The zero-order valence-corrected chi connectivity index (χ0v) is 13.5. The van der Waals surface area contributed by atoms with E-state index < -0.39 is 0 Å². The van der Waals surface area contributed by atoms with E-state index in [2.05, 4.69) is 15.0 Å². The number of nitrogens with one attached hydrogen (secondary N) is 1. The molecule has 1 aromatic carbocycles. The summed E-state index contributed by atoms with van der Waals surface area (Å²) in [5.41, 5.74) is 3.72. The standard InChI is InChI=1S/C19H17FN4O/c20-15-3-1-13(2-4-15)11-17(25)24-10-7-16-18(23-12-22-16)19(24)14-5-8-21-9-6-14/h1-6,8-9,12,19H,7,10-11H2,(H,22,23). The third kappa shape index (κ3) is 3.03. The van der Waals surface area contributed by atoms with Gasteiger partial charge in [-0.1, -0.05) is 12.1 Å². The first-order valence-corrected chi connectivity index (χ1v) is 8.18. The third-order valence-electron chi connectivity index (χ3n) is 4.54. The quantitative estimate of drug-likeness (QED) is 0.800. The molecule has 2 aromatic heterocycles. The number of nitrogens with zero attached hydrogens (tertiary/aromatic N) is 3. The van der Waals surface area contributed by atoms with Crippen molar-refractivity contribution in [1.82, 2.24) is 19.9 Å². The number of aromatic amines is 1. The fourth-order valence-corrected chi connectivity index (χ4v) is 3.31. The first kappa shape index (κ1) is 15.5. The van der Waals surface area contributed by atoms with Crippen LogP contribution in [-0.2, 0) is 17.6 Å². The SMILES string of the molecule is O=C(Cc1ccc(F)cc1)N1CCc2[nH]cnc2C1c1ccncc1. The Morgan fingerprint density at radius 1 is 1.20 bits per heavy atom. The average Bonchev–Trinajstić information content (AvgIpc) is 3.12. The van der Waals surface area contributed by atoms with Gasteiger partial charge in [-0.3, -0.25) is 9.78 Å². The van der Waals surface area contributed by atoms with Gasteiger partial charge in [-0.2, -0.15) is 0 Å². The van der Waals surface area contributed by atoms with Crippen molar-refractivity contribution in [1.29, 1.82) is 0 Å². The highest BCUT2D eigenvalue weighted by Gasteiger charge is 2.33. The van der Waals surface area contributed by atoms with Gasteiger partial charge in [0.05, 0.1) is 18.4 Å². The summed E-state index contributed by atoms with van der Waals surface area (Å²) in [4.78, 5) is 26.5. The molecular weight excluding hydrogens is 319 g/mol. The van der Waals surface area contributed by atoms with Gasteiger partial charge in [0.2, 0.25) is 5.91 Å². The molecule has 1 atom stereocenters. The molecule has 1 aliphatic rings. The van der Waals surface area contributed by atoms with Crippen molar-refractivity contribution < 1.29 is 9.18 Å². The van der Waals surface area contributed by atoms with Crippen LogP contribution in [0.5, 0.6) is 0 Å². The smallest absolute Gasteiger partial charge is 0.227 e. The van der Waals surface area contributed by atoms with Crippen molar-refractivity contribution in [2.24, 2.45) is 0 Å². The second-order valence-electron chi connectivity index (χ2n) is 6.09. The summed E-state index contributed by atoms with van der Waals surface area (Å²) in [6.45, 7) is 0.613. The van der Waals surface area contributed by atoms with Gasteiger partial charge >= 0.3 is 0 Å². The number of carbonyl (C=O) groups is 1. The van der Waals surface area contributed by atoms with Gasteiger partial charge in [0.15, 0.2) is 0 Å². The molecule has 126 valence electrons. The van der Waals surface area contributed by atoms with E-state index in [0.29, 0.717) is 6.54 Å². The van der Waals surface area contributed by atoms with E-state index in [-0.39, 0.29) is 24.2 Å². The van der Waals surface area contributed by atoms with Crippen molar-refractivity contribution in [3.8, 4) is 0 Å². The lowest BCUT2D eigenvalue weighted by atomic mass is 9.95. The minimum Gasteiger partial charge on any atom is -0.348 e. The summed E-state index contributed by atoms with van der Waals surface area (Å²) < 4.78 is 13.1. The van der Waals surface area contributed by atoms with Crippen LogP contribution in [-0.4, -0.2) is 32.3 Å². The number of H-pyrrole nitrogens is 1. The van der Waals surface area contributed by atoms with Gasteiger partial charge in [0.25, 0.3) is 0 Å². The molecule has 0 bridgehead atoms. The fourth-order valence-electron chi connectivity index (χ4n) is 3.31. The Morgan fingerprint density at radius 2 is 1.96 bits per heavy atom. The molecule has 0 saturated carbocycles. The lowest BCUT2D eigenvalue weighted by Crippen LogP contribution is -2.41. The topological polar surface area (TPSA) is 61.9 Å². The summed E-state index contributed by atoms with van der Waals surface area (Å²) in [5, 5.41) is 0. The van der Waals surface area contributed by atoms with Gasteiger partial charge in [0.1, 0.15) is 11.9 Å². The van der Waals surface area contributed by atoms with Crippen molar-refractivity contribution in [2.45, 2.75) is 18.9 Å². The highest BCUT2D eigenvalue weighted by molar-refractivity contribution is 5.80. The van der Waals surface area contributed by atoms with Crippen LogP contribution in [0.3, 0.4) is 0 Å². The van der Waals surface area contributed by atoms with Gasteiger partial charge in [-0.05, 0) is 35.4 Å². The summed E-state index contributed by atoms with van der Waals surface area (Å²) in [6, 6.07) is 9.65. The molecule has 1 unspecified atom stereocenters. The Balaban J connectivity index is 1.65. The molecule has 1 N–H and O–H groups in total. The number of rotatable bonds is 3. The predicted molar refractivity (Wildman–Crippen MR) is 90.2 cm³/mol.